The van der Waals surface area contributed by atoms with Crippen LogP contribution < -0.4 is 10.1 Å². The summed E-state index contributed by atoms with van der Waals surface area (Å²) in [5, 5.41) is 12.9. The molecule has 1 unspecified atom stereocenters. The maximum atomic E-state index is 12.9. The number of carboxylic acid groups (broad SMARTS) is 1. The van der Waals surface area contributed by atoms with Crippen LogP contribution in [0.1, 0.15) is 27.2 Å². The highest BCUT2D eigenvalue weighted by Crippen LogP contribution is 2.29. The first kappa shape index (κ1) is 28.7. The third-order valence-corrected chi connectivity index (χ3v) is 6.78. The lowest BCUT2D eigenvalue weighted by molar-refractivity contribution is -0.139. The van der Waals surface area contributed by atoms with E-state index in [0.717, 1.165) is 23.3 Å². The summed E-state index contributed by atoms with van der Waals surface area (Å²) < 4.78 is 45.5. The van der Waals surface area contributed by atoms with Crippen LogP contribution in [0, 0.1) is 0 Å². The van der Waals surface area contributed by atoms with Gasteiger partial charge in [0.05, 0.1) is 5.56 Å². The van der Waals surface area contributed by atoms with Crippen molar-refractivity contribution >= 4 is 29.1 Å². The number of ether oxygens (including phenoxy) is 1. The van der Waals surface area contributed by atoms with Crippen molar-refractivity contribution in [2.24, 2.45) is 0 Å². The number of aromatic nitrogens is 2. The Balaban J connectivity index is 1.20. The molecular formula is C31H23ClF3N3O4. The fourth-order valence-electron chi connectivity index (χ4n) is 4.26. The van der Waals surface area contributed by atoms with Gasteiger partial charge >= 0.3 is 12.1 Å². The Labute approximate surface area is 243 Å². The van der Waals surface area contributed by atoms with Crippen LogP contribution in [0.5, 0.6) is 5.75 Å². The minimum absolute atomic E-state index is 0.00828. The van der Waals surface area contributed by atoms with Gasteiger partial charge in [-0.1, -0.05) is 48.0 Å². The highest BCUT2D eigenvalue weighted by atomic mass is 35.5. The number of alkyl halides is 3. The molecule has 5 aromatic rings. The number of carbonyl (C=O) groups excluding carboxylic acids is 1. The predicted octanol–water partition coefficient (Wildman–Crippen LogP) is 6.68. The van der Waals surface area contributed by atoms with E-state index in [2.05, 4.69) is 10.3 Å². The van der Waals surface area contributed by atoms with Gasteiger partial charge in [-0.3, -0.25) is 4.79 Å². The van der Waals surface area contributed by atoms with Crippen molar-refractivity contribution in [3.05, 3.63) is 125 Å². The van der Waals surface area contributed by atoms with Gasteiger partial charge in [-0.25, -0.2) is 9.78 Å². The number of amides is 1. The van der Waals surface area contributed by atoms with Crippen LogP contribution in [-0.2, 0) is 24.0 Å². The molecule has 0 bridgehead atoms. The van der Waals surface area contributed by atoms with Crippen molar-refractivity contribution in [1.29, 1.82) is 0 Å². The van der Waals surface area contributed by atoms with E-state index in [0.29, 0.717) is 27.5 Å². The van der Waals surface area contributed by atoms with Crippen molar-refractivity contribution in [3.63, 3.8) is 0 Å². The molecule has 214 valence electrons. The maximum Gasteiger partial charge on any atom is 0.416 e. The molecule has 7 nitrogen and oxygen atoms in total. The van der Waals surface area contributed by atoms with E-state index in [1.165, 1.54) is 18.3 Å². The van der Waals surface area contributed by atoms with Gasteiger partial charge in [0.1, 0.15) is 29.7 Å². The fourth-order valence-corrected chi connectivity index (χ4v) is 4.39. The third kappa shape index (κ3) is 6.90. The highest BCUT2D eigenvalue weighted by Gasteiger charge is 2.30. The van der Waals surface area contributed by atoms with Crippen LogP contribution >= 0.6 is 11.6 Å². The normalized spacial score (nSPS) is 12.2. The van der Waals surface area contributed by atoms with Crippen LogP contribution in [0.3, 0.4) is 0 Å². The SMILES string of the molecule is O=C(NC(Cc1ccc(OCc2ccc(C(F)(F)F)cc2)cc1)C(=O)O)c1cn2ccc(-c3ccc(Cl)cc3)cc2n1. The minimum atomic E-state index is -4.40. The van der Waals surface area contributed by atoms with Crippen molar-refractivity contribution < 1.29 is 32.6 Å². The van der Waals surface area contributed by atoms with Gasteiger partial charge in [0.15, 0.2) is 0 Å². The molecular weight excluding hydrogens is 571 g/mol. The van der Waals surface area contributed by atoms with Crippen LogP contribution in [0.2, 0.25) is 5.02 Å². The number of aliphatic carboxylic acids is 1. The first-order valence-electron chi connectivity index (χ1n) is 12.7. The number of carbonyl (C=O) groups is 2. The van der Waals surface area contributed by atoms with Crippen LogP contribution in [0.15, 0.2) is 97.3 Å². The van der Waals surface area contributed by atoms with Gasteiger partial charge in [-0.05, 0) is 70.8 Å². The Kier molecular flexibility index (Phi) is 8.17. The number of carboxylic acids is 1. The molecule has 0 spiro atoms. The summed E-state index contributed by atoms with van der Waals surface area (Å²) in [6, 6.07) is 21.0. The Morgan fingerprint density at radius 3 is 2.24 bits per heavy atom. The second-order valence-electron chi connectivity index (χ2n) is 9.51. The topological polar surface area (TPSA) is 92.9 Å². The van der Waals surface area contributed by atoms with E-state index in [1.807, 2.05) is 24.3 Å². The number of imidazole rings is 1. The van der Waals surface area contributed by atoms with E-state index in [9.17, 15) is 27.9 Å². The fraction of sp³-hybridized carbons (Fsp3) is 0.129. The molecule has 42 heavy (non-hydrogen) atoms. The van der Waals surface area contributed by atoms with Crippen LogP contribution in [0.4, 0.5) is 13.2 Å². The molecule has 0 fully saturated rings. The van der Waals surface area contributed by atoms with Gasteiger partial charge in [-0.15, -0.1) is 0 Å². The third-order valence-electron chi connectivity index (χ3n) is 6.52. The first-order valence-corrected chi connectivity index (χ1v) is 13.1. The van der Waals surface area contributed by atoms with Gasteiger partial charge in [0, 0.05) is 23.8 Å². The second kappa shape index (κ2) is 12.0. The summed E-state index contributed by atoms with van der Waals surface area (Å²) in [7, 11) is 0. The number of rotatable bonds is 9. The molecule has 0 aliphatic carbocycles. The van der Waals surface area contributed by atoms with Gasteiger partial charge in [0.2, 0.25) is 0 Å². The summed E-state index contributed by atoms with van der Waals surface area (Å²) in [4.78, 5) is 29.2. The molecule has 0 aliphatic heterocycles. The Morgan fingerprint density at radius 2 is 1.60 bits per heavy atom. The average Bonchev–Trinajstić information content (AvgIpc) is 3.40. The molecule has 5 rings (SSSR count). The number of benzene rings is 3. The monoisotopic (exact) mass is 593 g/mol. The zero-order valence-corrected chi connectivity index (χ0v) is 22.6. The Bertz CT molecular complexity index is 1720. The summed E-state index contributed by atoms with van der Waals surface area (Å²) in [6.45, 7) is 0.0610. The van der Waals surface area contributed by atoms with Gasteiger partial charge in [0.25, 0.3) is 5.91 Å². The summed E-state index contributed by atoms with van der Waals surface area (Å²) >= 11 is 5.97. The van der Waals surface area contributed by atoms with Gasteiger partial charge in [-0.2, -0.15) is 13.2 Å². The molecule has 0 aliphatic rings. The summed E-state index contributed by atoms with van der Waals surface area (Å²) in [6.07, 6.45) is -1.11. The number of hydrogen-bond acceptors (Lipinski definition) is 4. The average molecular weight is 594 g/mol. The van der Waals surface area contributed by atoms with Gasteiger partial charge < -0.3 is 19.6 Å². The van der Waals surface area contributed by atoms with Crippen LogP contribution in [-0.4, -0.2) is 32.4 Å². The number of hydrogen-bond donors (Lipinski definition) is 2. The molecule has 0 saturated carbocycles. The van der Waals surface area contributed by atoms with E-state index in [1.54, 1.807) is 47.0 Å². The Hall–Kier alpha value is -4.83. The number of halogens is 4. The molecule has 1 atom stereocenters. The highest BCUT2D eigenvalue weighted by molar-refractivity contribution is 6.30. The zero-order valence-electron chi connectivity index (χ0n) is 21.8. The standard InChI is InChI=1S/C31H23ClF3N3O4/c32-24-9-5-21(6-10-24)22-13-14-38-17-27(36-28(38)16-22)29(39)37-26(30(40)41)15-19-3-11-25(12-4-19)42-18-20-1-7-23(8-2-20)31(33,34)35/h1-14,16-17,26H,15,18H2,(H,37,39)(H,40,41). The van der Waals surface area contributed by atoms with Crippen LogP contribution in [0.25, 0.3) is 16.8 Å². The molecule has 2 N–H and O–H groups in total. The smallest absolute Gasteiger partial charge is 0.416 e. The molecule has 0 radical (unpaired) electrons. The van der Waals surface area contributed by atoms with Crippen molar-refractivity contribution in [2.45, 2.75) is 25.2 Å². The first-order chi connectivity index (χ1) is 20.0. The molecule has 0 saturated heterocycles. The number of nitrogens with one attached hydrogen (secondary N) is 1. The minimum Gasteiger partial charge on any atom is -0.489 e. The van der Waals surface area contributed by atoms with Crippen molar-refractivity contribution in [2.75, 3.05) is 0 Å². The number of fused-ring (bicyclic) bond motifs is 1. The molecule has 2 aromatic heterocycles. The van der Waals surface area contributed by atoms with Crippen molar-refractivity contribution in [3.8, 4) is 16.9 Å². The number of nitrogens with zero attached hydrogens (tertiary/aromatic N) is 2. The summed E-state index contributed by atoms with van der Waals surface area (Å²) in [5.41, 5.74) is 2.86. The molecule has 1 amide bonds. The lowest BCUT2D eigenvalue weighted by atomic mass is 10.1. The second-order valence-corrected chi connectivity index (χ2v) is 9.95. The lowest BCUT2D eigenvalue weighted by Crippen LogP contribution is -2.42. The maximum absolute atomic E-state index is 12.9. The summed E-state index contributed by atoms with van der Waals surface area (Å²) in [5.74, 6) is -1.38. The Morgan fingerprint density at radius 1 is 0.929 bits per heavy atom. The zero-order chi connectivity index (χ0) is 29.9. The quantitative estimate of drug-likeness (QED) is 0.199. The molecule has 3 aromatic carbocycles. The van der Waals surface area contributed by atoms with Crippen molar-refractivity contribution in [1.82, 2.24) is 14.7 Å². The van der Waals surface area contributed by atoms with E-state index in [-0.39, 0.29) is 18.7 Å². The predicted molar refractivity (Wildman–Crippen MR) is 150 cm³/mol. The molecule has 11 heteroatoms. The molecule has 2 heterocycles. The lowest BCUT2D eigenvalue weighted by Gasteiger charge is -2.14. The largest absolute Gasteiger partial charge is 0.489 e. The van der Waals surface area contributed by atoms with E-state index < -0.39 is 29.7 Å². The number of pyridine rings is 1. The van der Waals surface area contributed by atoms with E-state index >= 15 is 0 Å². The van der Waals surface area contributed by atoms with E-state index in [4.69, 9.17) is 16.3 Å².